The third-order valence-corrected chi connectivity index (χ3v) is 7.47. The lowest BCUT2D eigenvalue weighted by atomic mass is 10.2. The highest BCUT2D eigenvalue weighted by molar-refractivity contribution is 7.89. The summed E-state index contributed by atoms with van der Waals surface area (Å²) in [7, 11) is -3.42. The molecule has 0 atom stereocenters. The normalized spacial score (nSPS) is 14.8. The molecule has 2 amide bonds. The van der Waals surface area contributed by atoms with E-state index in [0.717, 1.165) is 23.3 Å². The van der Waals surface area contributed by atoms with Crippen LogP contribution >= 0.6 is 11.3 Å². The van der Waals surface area contributed by atoms with E-state index >= 15 is 0 Å². The molecular formula is C19H23N3O4S2. The monoisotopic (exact) mass is 421 g/mol. The fourth-order valence-electron chi connectivity index (χ4n) is 2.93. The Morgan fingerprint density at radius 1 is 1.00 bits per heavy atom. The molecule has 3 rings (SSSR count). The third kappa shape index (κ3) is 4.98. The molecule has 0 saturated carbocycles. The van der Waals surface area contributed by atoms with E-state index in [4.69, 9.17) is 0 Å². The largest absolute Gasteiger partial charge is 0.351 e. The Labute approximate surface area is 168 Å². The van der Waals surface area contributed by atoms with Gasteiger partial charge in [-0.2, -0.15) is 4.31 Å². The highest BCUT2D eigenvalue weighted by atomic mass is 32.2. The second-order valence-corrected chi connectivity index (χ2v) is 9.72. The van der Waals surface area contributed by atoms with Crippen molar-refractivity contribution in [2.45, 2.75) is 37.8 Å². The van der Waals surface area contributed by atoms with Gasteiger partial charge in [-0.25, -0.2) is 8.42 Å². The molecule has 0 bridgehead atoms. The molecule has 1 aromatic carbocycles. The Bertz CT molecular complexity index is 946. The molecule has 0 spiro atoms. The SMILES string of the molecule is CC(=O)NCc1ccc(C(=O)NCc2ccc(S(=O)(=O)N3CCCC3)cc2)s1. The van der Waals surface area contributed by atoms with Crippen molar-refractivity contribution in [3.8, 4) is 0 Å². The van der Waals surface area contributed by atoms with E-state index in [1.54, 1.807) is 30.3 Å². The number of sulfonamides is 1. The summed E-state index contributed by atoms with van der Waals surface area (Å²) in [6, 6.07) is 10.2. The van der Waals surface area contributed by atoms with Crippen molar-refractivity contribution in [1.82, 2.24) is 14.9 Å². The zero-order chi connectivity index (χ0) is 20.1. The topological polar surface area (TPSA) is 95.6 Å². The van der Waals surface area contributed by atoms with E-state index in [1.807, 2.05) is 6.07 Å². The molecule has 0 unspecified atom stereocenters. The van der Waals surface area contributed by atoms with Crippen LogP contribution in [0.15, 0.2) is 41.3 Å². The van der Waals surface area contributed by atoms with Gasteiger partial charge in [-0.15, -0.1) is 11.3 Å². The summed E-state index contributed by atoms with van der Waals surface area (Å²) >= 11 is 1.33. The van der Waals surface area contributed by atoms with Crippen LogP contribution in [0.25, 0.3) is 0 Å². The number of carbonyl (C=O) groups is 2. The third-order valence-electron chi connectivity index (χ3n) is 4.48. The average molecular weight is 422 g/mol. The first kappa shape index (κ1) is 20.5. The first-order chi connectivity index (χ1) is 13.4. The summed E-state index contributed by atoms with van der Waals surface area (Å²) in [6.07, 6.45) is 1.80. The van der Waals surface area contributed by atoms with Crippen LogP contribution in [0.5, 0.6) is 0 Å². The summed E-state index contributed by atoms with van der Waals surface area (Å²) < 4.78 is 26.6. The Morgan fingerprint density at radius 3 is 2.32 bits per heavy atom. The zero-order valence-electron chi connectivity index (χ0n) is 15.6. The second kappa shape index (κ2) is 8.85. The Morgan fingerprint density at radius 2 is 1.68 bits per heavy atom. The van der Waals surface area contributed by atoms with Gasteiger partial charge in [-0.05, 0) is 42.7 Å². The van der Waals surface area contributed by atoms with E-state index < -0.39 is 10.0 Å². The standard InChI is InChI=1S/C19H23N3O4S2/c1-14(23)20-13-16-6-9-18(27-16)19(24)21-12-15-4-7-17(8-5-15)28(25,26)22-10-2-3-11-22/h4-9H,2-3,10-13H2,1H3,(H,20,23)(H,21,24). The smallest absolute Gasteiger partial charge is 0.261 e. The number of nitrogens with one attached hydrogen (secondary N) is 2. The molecule has 1 aromatic heterocycles. The van der Waals surface area contributed by atoms with Crippen molar-refractivity contribution < 1.29 is 18.0 Å². The average Bonchev–Trinajstić information content (AvgIpc) is 3.37. The summed E-state index contributed by atoms with van der Waals surface area (Å²) in [5, 5.41) is 5.53. The number of carbonyl (C=O) groups excluding carboxylic acids is 2. The predicted octanol–water partition coefficient (Wildman–Crippen LogP) is 2.10. The van der Waals surface area contributed by atoms with Gasteiger partial charge in [0, 0.05) is 31.4 Å². The van der Waals surface area contributed by atoms with Crippen LogP contribution in [-0.4, -0.2) is 37.6 Å². The number of hydrogen-bond donors (Lipinski definition) is 2. The van der Waals surface area contributed by atoms with Gasteiger partial charge < -0.3 is 10.6 Å². The molecule has 2 heterocycles. The fraction of sp³-hybridized carbons (Fsp3) is 0.368. The van der Waals surface area contributed by atoms with Crippen LogP contribution in [0, 0.1) is 0 Å². The van der Waals surface area contributed by atoms with Crippen LogP contribution in [0.1, 0.15) is 39.9 Å². The lowest BCUT2D eigenvalue weighted by molar-refractivity contribution is -0.119. The van der Waals surface area contributed by atoms with Gasteiger partial charge in [0.15, 0.2) is 0 Å². The van der Waals surface area contributed by atoms with E-state index in [9.17, 15) is 18.0 Å². The first-order valence-electron chi connectivity index (χ1n) is 9.07. The minimum Gasteiger partial charge on any atom is -0.351 e. The van der Waals surface area contributed by atoms with Gasteiger partial charge in [0.1, 0.15) is 0 Å². The Hall–Kier alpha value is -2.23. The lowest BCUT2D eigenvalue weighted by Gasteiger charge is -2.15. The van der Waals surface area contributed by atoms with Crippen molar-refractivity contribution in [3.05, 3.63) is 51.7 Å². The minimum atomic E-state index is -3.42. The van der Waals surface area contributed by atoms with Crippen molar-refractivity contribution in [2.24, 2.45) is 0 Å². The van der Waals surface area contributed by atoms with Crippen molar-refractivity contribution in [1.29, 1.82) is 0 Å². The molecule has 1 aliphatic rings. The van der Waals surface area contributed by atoms with Crippen LogP contribution in [0.3, 0.4) is 0 Å². The number of rotatable bonds is 7. The molecule has 150 valence electrons. The predicted molar refractivity (Wildman–Crippen MR) is 107 cm³/mol. The quantitative estimate of drug-likeness (QED) is 0.716. The Kier molecular flexibility index (Phi) is 6.48. The van der Waals surface area contributed by atoms with Gasteiger partial charge in [-0.1, -0.05) is 12.1 Å². The van der Waals surface area contributed by atoms with Gasteiger partial charge >= 0.3 is 0 Å². The number of benzene rings is 1. The van der Waals surface area contributed by atoms with Crippen molar-refractivity contribution in [3.63, 3.8) is 0 Å². The summed E-state index contributed by atoms with van der Waals surface area (Å²) in [5.41, 5.74) is 0.823. The molecule has 1 fully saturated rings. The molecule has 1 aliphatic heterocycles. The molecular weight excluding hydrogens is 398 g/mol. The first-order valence-corrected chi connectivity index (χ1v) is 11.3. The summed E-state index contributed by atoms with van der Waals surface area (Å²) in [4.78, 5) is 25.0. The van der Waals surface area contributed by atoms with E-state index in [-0.39, 0.29) is 16.7 Å². The minimum absolute atomic E-state index is 0.116. The molecule has 9 heteroatoms. The van der Waals surface area contributed by atoms with Gasteiger partial charge in [-0.3, -0.25) is 9.59 Å². The van der Waals surface area contributed by atoms with Crippen LogP contribution < -0.4 is 10.6 Å². The summed E-state index contributed by atoms with van der Waals surface area (Å²) in [6.45, 7) is 3.31. The number of nitrogens with zero attached hydrogens (tertiary/aromatic N) is 1. The Balaban J connectivity index is 1.56. The molecule has 0 aliphatic carbocycles. The second-order valence-electron chi connectivity index (χ2n) is 6.61. The highest BCUT2D eigenvalue weighted by Crippen LogP contribution is 2.21. The number of amides is 2. The molecule has 28 heavy (non-hydrogen) atoms. The molecule has 2 aromatic rings. The van der Waals surface area contributed by atoms with Gasteiger partial charge in [0.25, 0.3) is 5.91 Å². The maximum absolute atomic E-state index is 12.5. The molecule has 0 radical (unpaired) electrons. The van der Waals surface area contributed by atoms with Gasteiger partial charge in [0.05, 0.1) is 16.3 Å². The maximum atomic E-state index is 12.5. The highest BCUT2D eigenvalue weighted by Gasteiger charge is 2.26. The molecule has 1 saturated heterocycles. The molecule has 7 nitrogen and oxygen atoms in total. The fourth-order valence-corrected chi connectivity index (χ4v) is 5.31. The lowest BCUT2D eigenvalue weighted by Crippen LogP contribution is -2.27. The molecule has 2 N–H and O–H groups in total. The number of hydrogen-bond acceptors (Lipinski definition) is 5. The van der Waals surface area contributed by atoms with E-state index in [1.165, 1.54) is 22.6 Å². The van der Waals surface area contributed by atoms with E-state index in [2.05, 4.69) is 10.6 Å². The number of thiophene rings is 1. The van der Waals surface area contributed by atoms with Crippen molar-refractivity contribution >= 4 is 33.2 Å². The zero-order valence-corrected chi connectivity index (χ0v) is 17.2. The van der Waals surface area contributed by atoms with Crippen LogP contribution in [0.4, 0.5) is 0 Å². The van der Waals surface area contributed by atoms with E-state index in [0.29, 0.717) is 31.1 Å². The van der Waals surface area contributed by atoms with Crippen molar-refractivity contribution in [2.75, 3.05) is 13.1 Å². The van der Waals surface area contributed by atoms with Gasteiger partial charge in [0.2, 0.25) is 15.9 Å². The van der Waals surface area contributed by atoms with Crippen LogP contribution in [0.2, 0.25) is 0 Å². The summed E-state index contributed by atoms with van der Waals surface area (Å²) in [5.74, 6) is -0.317. The van der Waals surface area contributed by atoms with Crippen LogP contribution in [-0.2, 0) is 27.9 Å². The maximum Gasteiger partial charge on any atom is 0.261 e.